The van der Waals surface area contributed by atoms with Crippen molar-refractivity contribution in [3.05, 3.63) is 0 Å². The van der Waals surface area contributed by atoms with Crippen LogP contribution in [-0.4, -0.2) is 5.75 Å². The summed E-state index contributed by atoms with van der Waals surface area (Å²) in [6.07, 6.45) is 0.945. The van der Waals surface area contributed by atoms with Crippen LogP contribution < -0.4 is 0 Å². The zero-order chi connectivity index (χ0) is 4.83. The minimum Gasteiger partial charge on any atom is -0.166 e. The van der Waals surface area contributed by atoms with Crippen molar-refractivity contribution in [1.82, 2.24) is 0 Å². The van der Waals surface area contributed by atoms with E-state index in [0.717, 1.165) is 6.42 Å². The average molecular weight is 100 g/mol. The summed E-state index contributed by atoms with van der Waals surface area (Å²) in [4.78, 5) is 0. The Bertz CT molecular complexity index is 57.7. The standard InChI is InChI=1S/C5H8S/c1-2-3-4-5-6/h6H,2,5H2,1H3. The van der Waals surface area contributed by atoms with Gasteiger partial charge in [-0.2, -0.15) is 12.6 Å². The average Bonchev–Trinajstić information content (AvgIpc) is 1.61. The molecule has 0 bridgehead atoms. The van der Waals surface area contributed by atoms with Crippen molar-refractivity contribution in [2.45, 2.75) is 13.3 Å². The molecule has 0 saturated heterocycles. The van der Waals surface area contributed by atoms with E-state index in [2.05, 4.69) is 24.5 Å². The molecule has 0 radical (unpaired) electrons. The van der Waals surface area contributed by atoms with E-state index in [4.69, 9.17) is 0 Å². The van der Waals surface area contributed by atoms with Crippen LogP contribution in [0, 0.1) is 11.8 Å². The molecule has 0 aliphatic rings. The zero-order valence-corrected chi connectivity index (χ0v) is 4.76. The normalized spacial score (nSPS) is 6.33. The van der Waals surface area contributed by atoms with Gasteiger partial charge in [-0.15, -0.1) is 5.92 Å². The maximum absolute atomic E-state index is 3.88. The molecule has 0 N–H and O–H groups in total. The molecule has 1 heteroatoms. The van der Waals surface area contributed by atoms with Crippen molar-refractivity contribution < 1.29 is 0 Å². The molecule has 0 unspecified atom stereocenters. The Morgan fingerprint density at radius 1 is 1.50 bits per heavy atom. The molecule has 0 nitrogen and oxygen atoms in total. The molecule has 0 rings (SSSR count). The summed E-state index contributed by atoms with van der Waals surface area (Å²) in [5, 5.41) is 0. The van der Waals surface area contributed by atoms with Crippen LogP contribution in [0.25, 0.3) is 0 Å². The molecule has 0 aliphatic heterocycles. The van der Waals surface area contributed by atoms with Crippen molar-refractivity contribution in [3.8, 4) is 11.8 Å². The first-order chi connectivity index (χ1) is 2.91. The molecule has 0 aliphatic carbocycles. The van der Waals surface area contributed by atoms with Crippen LogP contribution in [-0.2, 0) is 0 Å². The highest BCUT2D eigenvalue weighted by atomic mass is 32.1. The maximum Gasteiger partial charge on any atom is 0.0517 e. The molecule has 0 aromatic heterocycles. The van der Waals surface area contributed by atoms with Gasteiger partial charge in [-0.25, -0.2) is 0 Å². The van der Waals surface area contributed by atoms with E-state index < -0.39 is 0 Å². The third-order valence-electron chi connectivity index (χ3n) is 0.381. The minimum atomic E-state index is 0.688. The number of hydrogen-bond donors (Lipinski definition) is 1. The van der Waals surface area contributed by atoms with Gasteiger partial charge >= 0.3 is 0 Å². The lowest BCUT2D eigenvalue weighted by molar-refractivity contribution is 1.28. The van der Waals surface area contributed by atoms with Crippen molar-refractivity contribution in [3.63, 3.8) is 0 Å². The molecule has 34 valence electrons. The summed E-state index contributed by atoms with van der Waals surface area (Å²) in [7, 11) is 0. The lowest BCUT2D eigenvalue weighted by atomic mass is 10.5. The van der Waals surface area contributed by atoms with Gasteiger partial charge in [0.1, 0.15) is 0 Å². The van der Waals surface area contributed by atoms with Gasteiger partial charge in [0.15, 0.2) is 0 Å². The summed E-state index contributed by atoms with van der Waals surface area (Å²) in [6, 6.07) is 0. The lowest BCUT2D eigenvalue weighted by Crippen LogP contribution is -1.57. The van der Waals surface area contributed by atoms with Crippen LogP contribution in [0.1, 0.15) is 13.3 Å². The van der Waals surface area contributed by atoms with E-state index >= 15 is 0 Å². The number of thiol groups is 1. The molecule has 0 aromatic rings. The second-order valence-electron chi connectivity index (χ2n) is 0.865. The first-order valence-electron chi connectivity index (χ1n) is 1.98. The minimum absolute atomic E-state index is 0.688. The maximum atomic E-state index is 3.88. The van der Waals surface area contributed by atoms with Crippen LogP contribution in [0.15, 0.2) is 0 Å². The second kappa shape index (κ2) is 4.91. The van der Waals surface area contributed by atoms with E-state index in [1.165, 1.54) is 0 Å². The van der Waals surface area contributed by atoms with E-state index in [-0.39, 0.29) is 0 Å². The van der Waals surface area contributed by atoms with Crippen molar-refractivity contribution in [2.75, 3.05) is 5.75 Å². The summed E-state index contributed by atoms with van der Waals surface area (Å²) in [5.74, 6) is 6.37. The van der Waals surface area contributed by atoms with Gasteiger partial charge in [0.05, 0.1) is 5.75 Å². The Labute approximate surface area is 44.4 Å². The predicted molar refractivity (Wildman–Crippen MR) is 31.9 cm³/mol. The summed E-state index contributed by atoms with van der Waals surface area (Å²) in [6.45, 7) is 2.02. The summed E-state index contributed by atoms with van der Waals surface area (Å²) >= 11 is 3.88. The predicted octanol–water partition coefficient (Wildman–Crippen LogP) is 1.33. The SMILES string of the molecule is CCC#CCS. The Kier molecular flexibility index (Phi) is 4.84. The van der Waals surface area contributed by atoms with Crippen LogP contribution in [0.2, 0.25) is 0 Å². The molecule has 6 heavy (non-hydrogen) atoms. The number of hydrogen-bond acceptors (Lipinski definition) is 1. The quantitative estimate of drug-likeness (QED) is 0.344. The summed E-state index contributed by atoms with van der Waals surface area (Å²) < 4.78 is 0. The highest BCUT2D eigenvalue weighted by molar-refractivity contribution is 7.80. The topological polar surface area (TPSA) is 0 Å². The van der Waals surface area contributed by atoms with E-state index in [1.54, 1.807) is 0 Å². The molecule has 0 fully saturated rings. The fourth-order valence-corrected chi connectivity index (χ4v) is 0.293. The Balaban J connectivity index is 2.90. The fraction of sp³-hybridized carbons (Fsp3) is 0.600. The highest BCUT2D eigenvalue weighted by Crippen LogP contribution is 1.69. The molecule has 0 aromatic carbocycles. The number of rotatable bonds is 0. The molecule has 0 atom stereocenters. The van der Waals surface area contributed by atoms with Gasteiger partial charge in [-0.3, -0.25) is 0 Å². The van der Waals surface area contributed by atoms with Crippen molar-refractivity contribution in [2.24, 2.45) is 0 Å². The first kappa shape index (κ1) is 5.91. The molecule has 0 saturated carbocycles. The molecule has 0 amide bonds. The largest absolute Gasteiger partial charge is 0.166 e. The Morgan fingerprint density at radius 3 is 2.33 bits per heavy atom. The van der Waals surface area contributed by atoms with Crippen molar-refractivity contribution in [1.29, 1.82) is 0 Å². The van der Waals surface area contributed by atoms with Crippen LogP contribution in [0.3, 0.4) is 0 Å². The van der Waals surface area contributed by atoms with Crippen LogP contribution in [0.4, 0.5) is 0 Å². The molecular weight excluding hydrogens is 92.1 g/mol. The second-order valence-corrected chi connectivity index (χ2v) is 1.18. The highest BCUT2D eigenvalue weighted by Gasteiger charge is 1.56. The Hall–Kier alpha value is -0.0900. The third kappa shape index (κ3) is 3.91. The third-order valence-corrected chi connectivity index (χ3v) is 0.539. The van der Waals surface area contributed by atoms with Gasteiger partial charge in [0, 0.05) is 6.42 Å². The molecule has 0 heterocycles. The fourth-order valence-electron chi connectivity index (χ4n) is 0.181. The van der Waals surface area contributed by atoms with Gasteiger partial charge in [-0.1, -0.05) is 12.8 Å². The Morgan fingerprint density at radius 2 is 2.17 bits per heavy atom. The smallest absolute Gasteiger partial charge is 0.0517 e. The van der Waals surface area contributed by atoms with E-state index in [9.17, 15) is 0 Å². The van der Waals surface area contributed by atoms with Gasteiger partial charge < -0.3 is 0 Å². The van der Waals surface area contributed by atoms with Gasteiger partial charge in [0.2, 0.25) is 0 Å². The summed E-state index contributed by atoms with van der Waals surface area (Å²) in [5.41, 5.74) is 0. The molecule has 0 spiro atoms. The van der Waals surface area contributed by atoms with Crippen LogP contribution in [0.5, 0.6) is 0 Å². The van der Waals surface area contributed by atoms with Crippen LogP contribution >= 0.6 is 12.6 Å². The molecular formula is C5H8S. The zero-order valence-electron chi connectivity index (χ0n) is 3.86. The first-order valence-corrected chi connectivity index (χ1v) is 2.61. The van der Waals surface area contributed by atoms with Crippen molar-refractivity contribution >= 4 is 12.6 Å². The van der Waals surface area contributed by atoms with E-state index in [0.29, 0.717) is 5.75 Å². The monoisotopic (exact) mass is 100 g/mol. The lowest BCUT2D eigenvalue weighted by Gasteiger charge is -1.65. The van der Waals surface area contributed by atoms with Gasteiger partial charge in [0.25, 0.3) is 0 Å². The van der Waals surface area contributed by atoms with E-state index in [1.807, 2.05) is 6.92 Å². The van der Waals surface area contributed by atoms with Gasteiger partial charge in [-0.05, 0) is 0 Å².